The van der Waals surface area contributed by atoms with Gasteiger partial charge in [0.05, 0.1) is 6.04 Å². The number of benzene rings is 1. The third-order valence-corrected chi connectivity index (χ3v) is 3.93. The number of hydrogen-bond acceptors (Lipinski definition) is 5. The second-order valence-corrected chi connectivity index (χ2v) is 5.98. The number of furan rings is 1. The summed E-state index contributed by atoms with van der Waals surface area (Å²) in [6, 6.07) is 10.8. The second kappa shape index (κ2) is 5.72. The lowest BCUT2D eigenvalue weighted by atomic mass is 10.2. The third kappa shape index (κ3) is 2.85. The number of aryl methyl sites for hydroxylation is 1. The summed E-state index contributed by atoms with van der Waals surface area (Å²) in [4.78, 5) is 7.48. The van der Waals surface area contributed by atoms with Crippen LogP contribution in [0.3, 0.4) is 0 Å². The minimum Gasteiger partial charge on any atom is -0.459 e. The Morgan fingerprint density at radius 1 is 1.15 bits per heavy atom. The molecule has 1 aromatic carbocycles. The first-order chi connectivity index (χ1) is 12.3. The molecule has 1 N–H and O–H groups in total. The fraction of sp³-hybridized carbons (Fsp3) is 0.235. The van der Waals surface area contributed by atoms with E-state index in [2.05, 4.69) is 20.4 Å². The number of alkyl halides is 3. The quantitative estimate of drug-likeness (QED) is 0.587. The summed E-state index contributed by atoms with van der Waals surface area (Å²) >= 11 is 0. The topological polar surface area (TPSA) is 68.2 Å². The molecule has 3 heterocycles. The van der Waals surface area contributed by atoms with Crippen molar-refractivity contribution >= 4 is 22.6 Å². The summed E-state index contributed by atoms with van der Waals surface area (Å²) < 4.78 is 45.6. The minimum atomic E-state index is -4.64. The Kier molecular flexibility index (Phi) is 3.60. The molecule has 0 spiro atoms. The molecule has 0 aliphatic heterocycles. The van der Waals surface area contributed by atoms with Crippen LogP contribution in [0.1, 0.15) is 30.2 Å². The average Bonchev–Trinajstić information content (AvgIpc) is 3.18. The van der Waals surface area contributed by atoms with Crippen LogP contribution in [0.4, 0.5) is 19.0 Å². The molecular formula is C17H14F3N5O. The van der Waals surface area contributed by atoms with Crippen LogP contribution in [0.15, 0.2) is 40.8 Å². The van der Waals surface area contributed by atoms with Crippen molar-refractivity contribution in [1.82, 2.24) is 19.6 Å². The Morgan fingerprint density at radius 2 is 1.92 bits per heavy atom. The predicted octanol–water partition coefficient (Wildman–Crippen LogP) is 4.37. The third-order valence-electron chi connectivity index (χ3n) is 3.93. The highest BCUT2D eigenvalue weighted by atomic mass is 19.4. The van der Waals surface area contributed by atoms with Crippen LogP contribution >= 0.6 is 0 Å². The van der Waals surface area contributed by atoms with Crippen LogP contribution in [0.2, 0.25) is 0 Å². The number of fused-ring (bicyclic) bond motifs is 2. The van der Waals surface area contributed by atoms with E-state index in [0.717, 1.165) is 15.5 Å². The molecule has 0 saturated heterocycles. The van der Waals surface area contributed by atoms with Crippen LogP contribution in [-0.4, -0.2) is 19.6 Å². The van der Waals surface area contributed by atoms with Crippen molar-refractivity contribution in [3.63, 3.8) is 0 Å². The maximum absolute atomic E-state index is 12.9. The number of para-hydroxylation sites is 1. The zero-order chi connectivity index (χ0) is 18.5. The van der Waals surface area contributed by atoms with Gasteiger partial charge < -0.3 is 9.73 Å². The van der Waals surface area contributed by atoms with Crippen molar-refractivity contribution in [3.05, 3.63) is 53.7 Å². The molecule has 0 saturated carbocycles. The predicted molar refractivity (Wildman–Crippen MR) is 88.8 cm³/mol. The molecule has 4 rings (SSSR count). The van der Waals surface area contributed by atoms with Gasteiger partial charge in [0, 0.05) is 17.1 Å². The molecule has 9 heteroatoms. The molecule has 26 heavy (non-hydrogen) atoms. The zero-order valence-electron chi connectivity index (χ0n) is 13.9. The van der Waals surface area contributed by atoms with Gasteiger partial charge in [-0.2, -0.15) is 22.7 Å². The molecule has 0 bridgehead atoms. The second-order valence-electron chi connectivity index (χ2n) is 5.98. The first kappa shape index (κ1) is 16.4. The SMILES string of the molecule is Cc1cc(N[C@H](C)c2cc3ccccc3o2)n2nc(C(F)(F)F)nc2n1. The fourth-order valence-corrected chi connectivity index (χ4v) is 2.72. The van der Waals surface area contributed by atoms with Crippen molar-refractivity contribution in [3.8, 4) is 0 Å². The summed E-state index contributed by atoms with van der Waals surface area (Å²) in [5.41, 5.74) is 1.27. The van der Waals surface area contributed by atoms with E-state index in [0.29, 0.717) is 17.3 Å². The molecule has 0 unspecified atom stereocenters. The largest absolute Gasteiger partial charge is 0.459 e. The molecule has 0 radical (unpaired) electrons. The van der Waals surface area contributed by atoms with Gasteiger partial charge in [0.1, 0.15) is 17.2 Å². The van der Waals surface area contributed by atoms with Crippen LogP contribution in [0.5, 0.6) is 0 Å². The smallest absolute Gasteiger partial charge is 0.453 e. The van der Waals surface area contributed by atoms with Gasteiger partial charge in [-0.25, -0.2) is 4.98 Å². The number of hydrogen-bond donors (Lipinski definition) is 1. The highest BCUT2D eigenvalue weighted by Crippen LogP contribution is 2.29. The van der Waals surface area contributed by atoms with Gasteiger partial charge in [-0.1, -0.05) is 18.2 Å². The zero-order valence-corrected chi connectivity index (χ0v) is 13.9. The highest BCUT2D eigenvalue weighted by molar-refractivity contribution is 5.77. The summed E-state index contributed by atoms with van der Waals surface area (Å²) in [6.45, 7) is 3.53. The molecule has 6 nitrogen and oxygen atoms in total. The number of aromatic nitrogens is 4. The maximum Gasteiger partial charge on any atom is 0.453 e. The average molecular weight is 361 g/mol. The van der Waals surface area contributed by atoms with E-state index in [9.17, 15) is 13.2 Å². The maximum atomic E-state index is 12.9. The van der Waals surface area contributed by atoms with Crippen molar-refractivity contribution in [2.75, 3.05) is 5.32 Å². The number of rotatable bonds is 3. The molecular weight excluding hydrogens is 347 g/mol. The van der Waals surface area contributed by atoms with Crippen LogP contribution in [0.25, 0.3) is 16.7 Å². The first-order valence-corrected chi connectivity index (χ1v) is 7.88. The molecule has 0 fully saturated rings. The first-order valence-electron chi connectivity index (χ1n) is 7.88. The standard InChI is InChI=1S/C17H14F3N5O/c1-9-7-14(25-16(21-9)23-15(24-25)17(18,19)20)22-10(2)13-8-11-5-3-4-6-12(11)26-13/h3-8,10,22H,1-2H3/t10-/m1/s1. The van der Waals surface area contributed by atoms with Crippen LogP contribution in [-0.2, 0) is 6.18 Å². The molecule has 0 aliphatic carbocycles. The Balaban J connectivity index is 1.72. The van der Waals surface area contributed by atoms with Crippen molar-refractivity contribution < 1.29 is 17.6 Å². The van der Waals surface area contributed by atoms with E-state index in [4.69, 9.17) is 4.42 Å². The molecule has 0 aliphatic rings. The van der Waals surface area contributed by atoms with E-state index in [-0.39, 0.29) is 11.8 Å². The lowest BCUT2D eigenvalue weighted by Gasteiger charge is -2.13. The van der Waals surface area contributed by atoms with Gasteiger partial charge >= 0.3 is 6.18 Å². The van der Waals surface area contributed by atoms with Gasteiger partial charge in [-0.3, -0.25) is 0 Å². The van der Waals surface area contributed by atoms with Gasteiger partial charge in [0.25, 0.3) is 11.6 Å². The highest BCUT2D eigenvalue weighted by Gasteiger charge is 2.37. The van der Waals surface area contributed by atoms with Gasteiger partial charge in [0.15, 0.2) is 0 Å². The van der Waals surface area contributed by atoms with Gasteiger partial charge in [-0.15, -0.1) is 5.10 Å². The van der Waals surface area contributed by atoms with Crippen LogP contribution < -0.4 is 5.32 Å². The van der Waals surface area contributed by atoms with Gasteiger partial charge in [0.2, 0.25) is 0 Å². The van der Waals surface area contributed by atoms with Crippen molar-refractivity contribution in [1.29, 1.82) is 0 Å². The number of halogens is 3. The number of anilines is 1. The normalized spacial score (nSPS) is 13.4. The van der Waals surface area contributed by atoms with E-state index >= 15 is 0 Å². The minimum absolute atomic E-state index is 0.114. The molecule has 1 atom stereocenters. The van der Waals surface area contributed by atoms with E-state index in [1.165, 1.54) is 0 Å². The molecule has 3 aromatic heterocycles. The van der Waals surface area contributed by atoms with E-state index in [1.807, 2.05) is 37.3 Å². The monoisotopic (exact) mass is 361 g/mol. The summed E-state index contributed by atoms with van der Waals surface area (Å²) in [7, 11) is 0. The number of nitrogens with zero attached hydrogens (tertiary/aromatic N) is 4. The van der Waals surface area contributed by atoms with Crippen LogP contribution in [0, 0.1) is 6.92 Å². The molecule has 4 aromatic rings. The molecule has 0 amide bonds. The Morgan fingerprint density at radius 3 is 2.65 bits per heavy atom. The summed E-state index contributed by atoms with van der Waals surface area (Å²) in [5.74, 6) is -0.333. The molecule has 134 valence electrons. The van der Waals surface area contributed by atoms with Crippen molar-refractivity contribution in [2.24, 2.45) is 0 Å². The van der Waals surface area contributed by atoms with Crippen molar-refractivity contribution in [2.45, 2.75) is 26.1 Å². The van der Waals surface area contributed by atoms with Gasteiger partial charge in [-0.05, 0) is 26.0 Å². The number of nitrogens with one attached hydrogen (secondary N) is 1. The summed E-state index contributed by atoms with van der Waals surface area (Å²) in [5, 5.41) is 7.62. The van der Waals surface area contributed by atoms with E-state index < -0.39 is 12.0 Å². The Hall–Kier alpha value is -3.10. The summed E-state index contributed by atoms with van der Waals surface area (Å²) in [6.07, 6.45) is -4.64. The van der Waals surface area contributed by atoms with E-state index in [1.54, 1.807) is 13.0 Å². The fourth-order valence-electron chi connectivity index (χ4n) is 2.72. The lowest BCUT2D eigenvalue weighted by Crippen LogP contribution is -2.11. The Labute approximate surface area is 145 Å². The Bertz CT molecular complexity index is 1070. The lowest BCUT2D eigenvalue weighted by molar-refractivity contribution is -0.144.